The summed E-state index contributed by atoms with van der Waals surface area (Å²) in [4.78, 5) is 23.2. The Bertz CT molecular complexity index is 775. The van der Waals surface area contributed by atoms with E-state index in [0.29, 0.717) is 50.5 Å². The Morgan fingerprint density at radius 3 is 1.97 bits per heavy atom. The number of carbonyl (C=O) groups excluding carboxylic acids is 1. The minimum absolute atomic E-state index is 0.0445. The fraction of sp³-hybridized carbons (Fsp3) is 0.364. The van der Waals surface area contributed by atoms with Gasteiger partial charge in [-0.3, -0.25) is 0 Å². The zero-order chi connectivity index (χ0) is 21.6. The van der Waals surface area contributed by atoms with Gasteiger partial charge in [-0.25, -0.2) is 0 Å². The van der Waals surface area contributed by atoms with Crippen molar-refractivity contribution in [3.63, 3.8) is 0 Å². The van der Waals surface area contributed by atoms with Crippen molar-refractivity contribution < 1.29 is 33.6 Å². The summed E-state index contributed by atoms with van der Waals surface area (Å²) in [7, 11) is 1.63. The van der Waals surface area contributed by atoms with E-state index in [-0.39, 0.29) is 25.2 Å². The molecule has 0 saturated carbocycles. The molecular weight excluding hydrogens is 455 g/mol. The molecule has 0 atom stereocenters. The van der Waals surface area contributed by atoms with Gasteiger partial charge in [0.15, 0.2) is 0 Å². The first-order valence-electron chi connectivity index (χ1n) is 9.47. The van der Waals surface area contributed by atoms with Crippen molar-refractivity contribution in [3.8, 4) is 5.75 Å². The molecule has 0 radical (unpaired) electrons. The first-order valence-corrected chi connectivity index (χ1v) is 11.5. The Balaban J connectivity index is 1.63. The van der Waals surface area contributed by atoms with E-state index in [1.54, 1.807) is 19.2 Å². The molecule has 0 aliphatic carbocycles. The van der Waals surface area contributed by atoms with E-state index < -0.39 is 5.97 Å². The van der Waals surface area contributed by atoms with Crippen molar-refractivity contribution in [2.75, 3.05) is 46.8 Å². The van der Waals surface area contributed by atoms with Gasteiger partial charge < -0.3 is 4.74 Å². The van der Waals surface area contributed by atoms with Crippen LogP contribution in [0.25, 0.3) is 0 Å². The Kier molecular flexibility index (Phi) is 11.1. The Labute approximate surface area is 182 Å². The quantitative estimate of drug-likeness (QED) is 0.309. The summed E-state index contributed by atoms with van der Waals surface area (Å²) < 4.78 is 21.3. The summed E-state index contributed by atoms with van der Waals surface area (Å²) >= 11 is -0.258. The molecule has 2 aromatic carbocycles. The number of aromatic carboxylic acids is 1. The van der Waals surface area contributed by atoms with Gasteiger partial charge in [0.25, 0.3) is 0 Å². The van der Waals surface area contributed by atoms with E-state index in [1.807, 2.05) is 24.3 Å². The normalized spacial score (nSPS) is 10.7. The van der Waals surface area contributed by atoms with E-state index in [0.717, 1.165) is 11.3 Å². The number of methoxy groups -OCH3 is 1. The third-order valence-electron chi connectivity index (χ3n) is 3.96. The van der Waals surface area contributed by atoms with Gasteiger partial charge in [0, 0.05) is 7.11 Å². The molecule has 30 heavy (non-hydrogen) atoms. The monoisotopic (exact) mass is 482 g/mol. The Hall–Kier alpha value is -2.22. The van der Waals surface area contributed by atoms with Gasteiger partial charge in [-0.1, -0.05) is 0 Å². The molecule has 0 aliphatic rings. The van der Waals surface area contributed by atoms with Crippen molar-refractivity contribution in [1.29, 1.82) is 0 Å². The van der Waals surface area contributed by atoms with Crippen molar-refractivity contribution >= 4 is 25.6 Å². The predicted octanol–water partition coefficient (Wildman–Crippen LogP) is 2.49. The van der Waals surface area contributed by atoms with Crippen LogP contribution in [0.3, 0.4) is 0 Å². The van der Waals surface area contributed by atoms with Gasteiger partial charge in [-0.05, 0) is 0 Å². The molecule has 0 spiro atoms. The summed E-state index contributed by atoms with van der Waals surface area (Å²) in [6.07, 6.45) is 0. The van der Waals surface area contributed by atoms with Crippen molar-refractivity contribution in [2.24, 2.45) is 0 Å². The number of benzene rings is 2. The van der Waals surface area contributed by atoms with Gasteiger partial charge >= 0.3 is 157 Å². The number of carboxylic acids is 1. The third-order valence-corrected chi connectivity index (χ3v) is 6.01. The van der Waals surface area contributed by atoms with Crippen LogP contribution >= 0.6 is 0 Å². The van der Waals surface area contributed by atoms with Crippen LogP contribution in [-0.4, -0.2) is 77.5 Å². The minimum atomic E-state index is -1.000. The Morgan fingerprint density at radius 2 is 1.37 bits per heavy atom. The zero-order valence-corrected chi connectivity index (χ0v) is 18.6. The molecular formula is C22H26O7Se. The molecule has 162 valence electrons. The molecule has 8 heteroatoms. The Morgan fingerprint density at radius 1 is 0.800 bits per heavy atom. The van der Waals surface area contributed by atoms with Crippen LogP contribution in [0, 0.1) is 0 Å². The average molecular weight is 481 g/mol. The number of carbonyl (C=O) groups is 2. The predicted molar refractivity (Wildman–Crippen MR) is 113 cm³/mol. The van der Waals surface area contributed by atoms with Gasteiger partial charge in [0.05, 0.1) is 13.2 Å². The SMILES string of the molecule is COCCOCCOCCOc1ccc(C[Se]C(=O)c2ccc(C(=O)O)cc2)cc1. The van der Waals surface area contributed by atoms with Crippen LogP contribution in [-0.2, 0) is 19.5 Å². The summed E-state index contributed by atoms with van der Waals surface area (Å²) in [5, 5.41) is 9.58. The molecule has 0 heterocycles. The molecule has 0 saturated heterocycles. The summed E-state index contributed by atoms with van der Waals surface area (Å²) in [5.74, 6) is -0.248. The van der Waals surface area contributed by atoms with E-state index in [1.165, 1.54) is 12.1 Å². The van der Waals surface area contributed by atoms with E-state index in [2.05, 4.69) is 0 Å². The van der Waals surface area contributed by atoms with E-state index in [9.17, 15) is 9.59 Å². The number of hydrogen-bond donors (Lipinski definition) is 1. The zero-order valence-electron chi connectivity index (χ0n) is 16.9. The van der Waals surface area contributed by atoms with Crippen molar-refractivity contribution in [2.45, 2.75) is 5.32 Å². The molecule has 0 unspecified atom stereocenters. The standard InChI is InChI=1S/C22H26O7Se/c1-26-10-11-27-12-13-28-14-15-29-20-8-2-17(3-9-20)16-30-22(25)19-6-4-18(5-7-19)21(23)24/h2-9H,10-16H2,1H3,(H,23,24). The topological polar surface area (TPSA) is 91.3 Å². The van der Waals surface area contributed by atoms with Gasteiger partial charge in [0.2, 0.25) is 0 Å². The van der Waals surface area contributed by atoms with Crippen LogP contribution < -0.4 is 4.74 Å². The van der Waals surface area contributed by atoms with Gasteiger partial charge in [-0.15, -0.1) is 0 Å². The van der Waals surface area contributed by atoms with E-state index in [4.69, 9.17) is 24.1 Å². The molecule has 0 fully saturated rings. The first kappa shape index (κ1) is 24.1. The molecule has 2 rings (SSSR count). The fourth-order valence-corrected chi connectivity index (χ4v) is 4.01. The van der Waals surface area contributed by atoms with Crippen LogP contribution in [0.2, 0.25) is 0 Å². The number of carboxylic acid groups (broad SMARTS) is 1. The molecule has 0 aliphatic heterocycles. The second kappa shape index (κ2) is 13.9. The molecule has 7 nitrogen and oxygen atoms in total. The molecule has 2 aromatic rings. The first-order chi connectivity index (χ1) is 14.6. The fourth-order valence-electron chi connectivity index (χ4n) is 2.35. The van der Waals surface area contributed by atoms with Gasteiger partial charge in [0.1, 0.15) is 0 Å². The van der Waals surface area contributed by atoms with Crippen LogP contribution in [0.5, 0.6) is 5.75 Å². The average Bonchev–Trinajstić information content (AvgIpc) is 2.77. The van der Waals surface area contributed by atoms with E-state index >= 15 is 0 Å². The number of hydrogen-bond acceptors (Lipinski definition) is 6. The van der Waals surface area contributed by atoms with Gasteiger partial charge in [-0.2, -0.15) is 0 Å². The summed E-state index contributed by atoms with van der Waals surface area (Å²) in [5.41, 5.74) is 1.78. The molecule has 0 bridgehead atoms. The summed E-state index contributed by atoms with van der Waals surface area (Å²) in [6.45, 7) is 3.12. The summed E-state index contributed by atoms with van der Waals surface area (Å²) in [6, 6.07) is 13.7. The second-order valence-electron chi connectivity index (χ2n) is 6.17. The maximum atomic E-state index is 12.3. The number of ether oxygens (including phenoxy) is 4. The third kappa shape index (κ3) is 9.07. The molecule has 0 aromatic heterocycles. The van der Waals surface area contributed by atoms with Crippen LogP contribution in [0.15, 0.2) is 48.5 Å². The van der Waals surface area contributed by atoms with Crippen molar-refractivity contribution in [3.05, 3.63) is 65.2 Å². The molecule has 1 N–H and O–H groups in total. The van der Waals surface area contributed by atoms with Crippen LogP contribution in [0.4, 0.5) is 0 Å². The number of rotatable bonds is 15. The second-order valence-corrected chi connectivity index (χ2v) is 8.16. The van der Waals surface area contributed by atoms with Crippen molar-refractivity contribution in [1.82, 2.24) is 0 Å². The molecule has 0 amide bonds. The van der Waals surface area contributed by atoms with Crippen LogP contribution in [0.1, 0.15) is 26.3 Å². The maximum absolute atomic E-state index is 12.3.